The predicted octanol–water partition coefficient (Wildman–Crippen LogP) is 1.76. The Hall–Kier alpha value is -1.42. The van der Waals surface area contributed by atoms with Crippen molar-refractivity contribution in [3.8, 4) is 0 Å². The van der Waals surface area contributed by atoms with Crippen molar-refractivity contribution >= 4 is 28.4 Å². The van der Waals surface area contributed by atoms with Gasteiger partial charge in [-0.25, -0.2) is 4.79 Å². The summed E-state index contributed by atoms with van der Waals surface area (Å²) in [5, 5.41) is 0. The summed E-state index contributed by atoms with van der Waals surface area (Å²) in [6.45, 7) is 0. The molecule has 1 aromatic heterocycles. The number of hydrogen-bond acceptors (Lipinski definition) is 3. The Morgan fingerprint density at radius 1 is 1.53 bits per heavy atom. The second kappa shape index (κ2) is 3.62. The number of rotatable bonds is 2. The summed E-state index contributed by atoms with van der Waals surface area (Å²) in [5.41, 5.74) is 2.32. The van der Waals surface area contributed by atoms with Crippen LogP contribution in [0.3, 0.4) is 0 Å². The molecule has 0 amide bonds. The molecule has 0 aliphatic carbocycles. The SMILES string of the molecule is CN(CCl)c1ccc2oc(=O)n(C)c2c1. The number of anilines is 1. The summed E-state index contributed by atoms with van der Waals surface area (Å²) in [7, 11) is 3.56. The van der Waals surface area contributed by atoms with Crippen LogP contribution in [0.15, 0.2) is 27.4 Å². The number of alkyl halides is 1. The smallest absolute Gasteiger partial charge is 0.408 e. The number of aryl methyl sites for hydroxylation is 1. The third-order valence-corrected chi connectivity index (χ3v) is 2.75. The summed E-state index contributed by atoms with van der Waals surface area (Å²) in [6, 6.07) is 5.92. The maximum atomic E-state index is 11.2. The Morgan fingerprint density at radius 2 is 2.27 bits per heavy atom. The quantitative estimate of drug-likeness (QED) is 0.579. The first-order valence-corrected chi connectivity index (χ1v) is 5.03. The van der Waals surface area contributed by atoms with Gasteiger partial charge in [0.1, 0.15) is 0 Å². The van der Waals surface area contributed by atoms with Crippen LogP contribution >= 0.6 is 11.6 Å². The Bertz CT molecular complexity index is 544. The van der Waals surface area contributed by atoms with Crippen molar-refractivity contribution in [3.63, 3.8) is 0 Å². The van der Waals surface area contributed by atoms with Crippen LogP contribution in [-0.2, 0) is 7.05 Å². The molecule has 0 N–H and O–H groups in total. The van der Waals surface area contributed by atoms with Crippen molar-refractivity contribution in [2.75, 3.05) is 18.0 Å². The van der Waals surface area contributed by atoms with Crippen molar-refractivity contribution in [2.45, 2.75) is 0 Å². The minimum absolute atomic E-state index is 0.351. The van der Waals surface area contributed by atoms with Gasteiger partial charge >= 0.3 is 5.76 Å². The van der Waals surface area contributed by atoms with Gasteiger partial charge in [0.15, 0.2) is 5.58 Å². The molecule has 1 heterocycles. The molecule has 15 heavy (non-hydrogen) atoms. The minimum Gasteiger partial charge on any atom is -0.408 e. The molecule has 80 valence electrons. The average molecular weight is 227 g/mol. The third kappa shape index (κ3) is 1.61. The number of aromatic nitrogens is 1. The van der Waals surface area contributed by atoms with Gasteiger partial charge in [-0.05, 0) is 18.2 Å². The lowest BCUT2D eigenvalue weighted by atomic mass is 10.2. The molecule has 0 aliphatic heterocycles. The lowest BCUT2D eigenvalue weighted by molar-refractivity contribution is 0.528. The molecule has 5 heteroatoms. The zero-order valence-electron chi connectivity index (χ0n) is 8.53. The molecule has 2 rings (SSSR count). The molecule has 2 aromatic rings. The number of fused-ring (bicyclic) bond motifs is 1. The molecule has 4 nitrogen and oxygen atoms in total. The second-order valence-corrected chi connectivity index (χ2v) is 3.64. The van der Waals surface area contributed by atoms with Crippen LogP contribution in [0.25, 0.3) is 11.1 Å². The van der Waals surface area contributed by atoms with Crippen LogP contribution < -0.4 is 10.7 Å². The highest BCUT2D eigenvalue weighted by Gasteiger charge is 2.07. The van der Waals surface area contributed by atoms with E-state index in [0.29, 0.717) is 11.6 Å². The predicted molar refractivity (Wildman–Crippen MR) is 60.6 cm³/mol. The van der Waals surface area contributed by atoms with Crippen molar-refractivity contribution in [2.24, 2.45) is 7.05 Å². The summed E-state index contributed by atoms with van der Waals surface area (Å²) < 4.78 is 6.50. The number of benzene rings is 1. The standard InChI is InChI=1S/C10H11ClN2O2/c1-12(6-11)7-3-4-9-8(5-7)13(2)10(14)15-9/h3-5H,6H2,1-2H3. The van der Waals surface area contributed by atoms with E-state index in [9.17, 15) is 4.79 Å². The number of oxazole rings is 1. The number of nitrogens with zero attached hydrogens (tertiary/aromatic N) is 2. The van der Waals surface area contributed by atoms with Gasteiger partial charge in [0.05, 0.1) is 11.5 Å². The number of halogens is 1. The van der Waals surface area contributed by atoms with E-state index in [-0.39, 0.29) is 5.76 Å². The summed E-state index contributed by atoms with van der Waals surface area (Å²) >= 11 is 5.72. The first kappa shape index (κ1) is 10.1. The van der Waals surface area contributed by atoms with E-state index in [4.69, 9.17) is 16.0 Å². The van der Waals surface area contributed by atoms with Crippen molar-refractivity contribution in [1.82, 2.24) is 4.57 Å². The van der Waals surface area contributed by atoms with Gasteiger partial charge in [-0.1, -0.05) is 0 Å². The maximum Gasteiger partial charge on any atom is 0.419 e. The molecular weight excluding hydrogens is 216 g/mol. The van der Waals surface area contributed by atoms with Crippen LogP contribution in [0.5, 0.6) is 0 Å². The number of hydrogen-bond donors (Lipinski definition) is 0. The molecule has 0 bridgehead atoms. The van der Waals surface area contributed by atoms with E-state index >= 15 is 0 Å². The molecule has 1 aromatic carbocycles. The van der Waals surface area contributed by atoms with Crippen LogP contribution in [-0.4, -0.2) is 17.6 Å². The van der Waals surface area contributed by atoms with Crippen LogP contribution in [0, 0.1) is 0 Å². The second-order valence-electron chi connectivity index (χ2n) is 3.40. The van der Waals surface area contributed by atoms with E-state index in [1.807, 2.05) is 24.1 Å². The Labute approximate surface area is 91.7 Å². The maximum absolute atomic E-state index is 11.2. The normalized spacial score (nSPS) is 10.9. The highest BCUT2D eigenvalue weighted by Crippen LogP contribution is 2.20. The van der Waals surface area contributed by atoms with Gasteiger partial charge in [0.25, 0.3) is 0 Å². The molecular formula is C10H11ClN2O2. The lowest BCUT2D eigenvalue weighted by Crippen LogP contribution is -2.14. The highest BCUT2D eigenvalue weighted by atomic mass is 35.5. The summed E-state index contributed by atoms with van der Waals surface area (Å²) in [4.78, 5) is 13.1. The van der Waals surface area contributed by atoms with Crippen molar-refractivity contribution in [1.29, 1.82) is 0 Å². The van der Waals surface area contributed by atoms with Crippen LogP contribution in [0.1, 0.15) is 0 Å². The van der Waals surface area contributed by atoms with Gasteiger partial charge in [0.2, 0.25) is 0 Å². The lowest BCUT2D eigenvalue weighted by Gasteiger charge is -2.14. The largest absolute Gasteiger partial charge is 0.419 e. The Balaban J connectivity index is 2.64. The van der Waals surface area contributed by atoms with Gasteiger partial charge in [-0.2, -0.15) is 0 Å². The monoisotopic (exact) mass is 226 g/mol. The fourth-order valence-electron chi connectivity index (χ4n) is 1.42. The fraction of sp³-hybridized carbons (Fsp3) is 0.300. The zero-order valence-corrected chi connectivity index (χ0v) is 9.28. The van der Waals surface area contributed by atoms with Gasteiger partial charge in [0, 0.05) is 19.8 Å². The topological polar surface area (TPSA) is 38.4 Å². The molecule has 0 radical (unpaired) electrons. The van der Waals surface area contributed by atoms with Gasteiger partial charge < -0.3 is 9.32 Å². The Kier molecular flexibility index (Phi) is 2.44. The van der Waals surface area contributed by atoms with Gasteiger partial charge in [-0.15, -0.1) is 11.6 Å². The van der Waals surface area contributed by atoms with Crippen molar-refractivity contribution < 1.29 is 4.42 Å². The van der Waals surface area contributed by atoms with Crippen LogP contribution in [0.2, 0.25) is 0 Å². The first-order chi connectivity index (χ1) is 7.13. The summed E-state index contributed by atoms with van der Waals surface area (Å²) in [6.07, 6.45) is 0. The zero-order chi connectivity index (χ0) is 11.0. The van der Waals surface area contributed by atoms with E-state index in [2.05, 4.69) is 0 Å². The molecule has 0 unspecified atom stereocenters. The van der Waals surface area contributed by atoms with Crippen LogP contribution in [0.4, 0.5) is 5.69 Å². The highest BCUT2D eigenvalue weighted by molar-refractivity contribution is 6.19. The molecule has 0 saturated carbocycles. The van der Waals surface area contributed by atoms with E-state index in [1.54, 1.807) is 13.1 Å². The molecule has 0 atom stereocenters. The van der Waals surface area contributed by atoms with Crippen molar-refractivity contribution in [3.05, 3.63) is 28.7 Å². The molecule has 0 saturated heterocycles. The molecule has 0 spiro atoms. The van der Waals surface area contributed by atoms with E-state index in [1.165, 1.54) is 4.57 Å². The van der Waals surface area contributed by atoms with Gasteiger partial charge in [-0.3, -0.25) is 4.57 Å². The average Bonchev–Trinajstić information content (AvgIpc) is 2.54. The minimum atomic E-state index is -0.351. The third-order valence-electron chi connectivity index (χ3n) is 2.40. The fourth-order valence-corrected chi connectivity index (χ4v) is 1.56. The molecule has 0 aliphatic rings. The summed E-state index contributed by atoms with van der Waals surface area (Å²) in [5.74, 6) is -0.351. The van der Waals surface area contributed by atoms with E-state index in [0.717, 1.165) is 11.2 Å². The Morgan fingerprint density at radius 3 is 2.93 bits per heavy atom. The first-order valence-electron chi connectivity index (χ1n) is 4.50. The van der Waals surface area contributed by atoms with E-state index < -0.39 is 0 Å². The molecule has 0 fully saturated rings.